The van der Waals surface area contributed by atoms with Crippen molar-refractivity contribution < 1.29 is 19.9 Å². The normalized spacial score (nSPS) is 11.4. The summed E-state index contributed by atoms with van der Waals surface area (Å²) in [4.78, 5) is 10.8. The van der Waals surface area contributed by atoms with Gasteiger partial charge in [0, 0.05) is 13.2 Å². The van der Waals surface area contributed by atoms with Gasteiger partial charge < -0.3 is 10.2 Å². The van der Waals surface area contributed by atoms with E-state index in [0.717, 1.165) is 6.42 Å². The minimum atomic E-state index is 0.103. The number of aliphatic hydroxyl groups excluding tert-OH is 2. The van der Waals surface area contributed by atoms with Gasteiger partial charge in [-0.2, -0.15) is 0 Å². The van der Waals surface area contributed by atoms with E-state index in [1.165, 1.54) is 50.2 Å². The summed E-state index contributed by atoms with van der Waals surface area (Å²) < 4.78 is 0. The maximum absolute atomic E-state index is 8.75. The third-order valence-corrected chi connectivity index (χ3v) is 3.24. The average Bonchev–Trinajstić information content (AvgIpc) is 2.53. The molecule has 0 heterocycles. The monoisotopic (exact) mass is 317 g/mol. The lowest BCUT2D eigenvalue weighted by molar-refractivity contribution is -0.337. The second kappa shape index (κ2) is 18.4. The van der Waals surface area contributed by atoms with Gasteiger partial charge in [-0.1, -0.05) is 51.5 Å². The number of aliphatic hydroxyl groups is 2. The molecule has 132 valence electrons. The second-order valence-electron chi connectivity index (χ2n) is 5.40. The van der Waals surface area contributed by atoms with Gasteiger partial charge >= 0.3 is 0 Å². The first-order chi connectivity index (χ1) is 10.8. The lowest BCUT2D eigenvalue weighted by Crippen LogP contribution is -2.20. The number of hydrogen-bond acceptors (Lipinski definition) is 5. The highest BCUT2D eigenvalue weighted by atomic mass is 16.9. The molecule has 0 bridgehead atoms. The number of nitrogens with zero attached hydrogens (tertiary/aromatic N) is 1. The fourth-order valence-corrected chi connectivity index (χ4v) is 1.94. The molecular weight excluding hydrogens is 282 g/mol. The van der Waals surface area contributed by atoms with Gasteiger partial charge in [0.2, 0.25) is 0 Å². The van der Waals surface area contributed by atoms with Crippen molar-refractivity contribution in [2.45, 2.75) is 71.1 Å². The van der Waals surface area contributed by atoms with Gasteiger partial charge in [0.1, 0.15) is 0 Å². The van der Waals surface area contributed by atoms with Gasteiger partial charge in [-0.25, -0.2) is 9.68 Å². The molecule has 0 aromatic rings. The summed E-state index contributed by atoms with van der Waals surface area (Å²) in [6.07, 6.45) is 15.1. The number of allylic oxidation sites excluding steroid dienone is 1. The molecule has 0 rings (SSSR count). The van der Waals surface area contributed by atoms with Crippen molar-refractivity contribution in [2.24, 2.45) is 0 Å². The third kappa shape index (κ3) is 15.8. The van der Waals surface area contributed by atoms with E-state index in [9.17, 15) is 0 Å². The SMILES string of the molecule is CCCCCCCCCC=CN(OCCCO)OCCCO. The lowest BCUT2D eigenvalue weighted by atomic mass is 10.1. The Labute approximate surface area is 135 Å². The van der Waals surface area contributed by atoms with Crippen molar-refractivity contribution in [1.29, 1.82) is 0 Å². The average molecular weight is 317 g/mol. The molecule has 0 spiro atoms. The van der Waals surface area contributed by atoms with Gasteiger partial charge in [0.05, 0.1) is 19.4 Å². The van der Waals surface area contributed by atoms with E-state index < -0.39 is 0 Å². The van der Waals surface area contributed by atoms with Crippen molar-refractivity contribution in [2.75, 3.05) is 26.4 Å². The van der Waals surface area contributed by atoms with E-state index in [1.54, 1.807) is 6.20 Å². The van der Waals surface area contributed by atoms with Gasteiger partial charge in [0.25, 0.3) is 0 Å². The van der Waals surface area contributed by atoms with Gasteiger partial charge in [-0.3, -0.25) is 0 Å². The zero-order valence-electron chi connectivity index (χ0n) is 14.2. The quantitative estimate of drug-likeness (QED) is 0.317. The zero-order valence-corrected chi connectivity index (χ0v) is 14.2. The van der Waals surface area contributed by atoms with E-state index in [2.05, 4.69) is 6.92 Å². The van der Waals surface area contributed by atoms with Crippen molar-refractivity contribution >= 4 is 0 Å². The Morgan fingerprint density at radius 1 is 0.773 bits per heavy atom. The molecule has 0 radical (unpaired) electrons. The fraction of sp³-hybridized carbons (Fsp3) is 0.882. The van der Waals surface area contributed by atoms with Crippen molar-refractivity contribution in [3.05, 3.63) is 12.3 Å². The minimum absolute atomic E-state index is 0.103. The van der Waals surface area contributed by atoms with Gasteiger partial charge in [-0.05, 0) is 25.7 Å². The van der Waals surface area contributed by atoms with Crippen molar-refractivity contribution in [1.82, 2.24) is 5.23 Å². The molecule has 0 aliphatic rings. The standard InChI is InChI=1S/C17H35NO4/c1-2-3-4-5-6-7-8-9-10-13-18(21-16-11-14-19)22-17-12-15-20/h10,13,19-20H,2-9,11-12,14-17H2,1H3. The first-order valence-electron chi connectivity index (χ1n) is 8.78. The molecule has 0 saturated carbocycles. The second-order valence-corrected chi connectivity index (χ2v) is 5.40. The van der Waals surface area contributed by atoms with Crippen LogP contribution in [0.2, 0.25) is 0 Å². The Morgan fingerprint density at radius 3 is 1.86 bits per heavy atom. The molecule has 2 N–H and O–H groups in total. The van der Waals surface area contributed by atoms with Crippen LogP contribution in [0, 0.1) is 0 Å². The molecule has 5 nitrogen and oxygen atoms in total. The van der Waals surface area contributed by atoms with Crippen LogP contribution in [-0.2, 0) is 9.68 Å². The van der Waals surface area contributed by atoms with E-state index in [0.29, 0.717) is 26.1 Å². The number of hydroxylamine groups is 2. The molecule has 5 heteroatoms. The molecule has 0 atom stereocenters. The Kier molecular flexibility index (Phi) is 17.9. The zero-order chi connectivity index (χ0) is 16.3. The van der Waals surface area contributed by atoms with Crippen LogP contribution in [0.3, 0.4) is 0 Å². The van der Waals surface area contributed by atoms with E-state index in [4.69, 9.17) is 19.9 Å². The van der Waals surface area contributed by atoms with Crippen LogP contribution >= 0.6 is 0 Å². The highest BCUT2D eigenvalue weighted by Crippen LogP contribution is 2.09. The summed E-state index contributed by atoms with van der Waals surface area (Å²) in [6, 6.07) is 0. The Bertz CT molecular complexity index is 227. The summed E-state index contributed by atoms with van der Waals surface area (Å²) in [5.41, 5.74) is 0. The maximum Gasteiger partial charge on any atom is 0.0797 e. The van der Waals surface area contributed by atoms with Gasteiger partial charge in [-0.15, -0.1) is 5.23 Å². The lowest BCUT2D eigenvalue weighted by Gasteiger charge is -2.18. The number of hydrogen-bond donors (Lipinski definition) is 2. The Morgan fingerprint density at radius 2 is 1.32 bits per heavy atom. The van der Waals surface area contributed by atoms with Crippen LogP contribution in [0.4, 0.5) is 0 Å². The summed E-state index contributed by atoms with van der Waals surface area (Å²) >= 11 is 0. The topological polar surface area (TPSA) is 62.2 Å². The van der Waals surface area contributed by atoms with E-state index in [1.807, 2.05) is 6.08 Å². The number of rotatable bonds is 17. The van der Waals surface area contributed by atoms with Crippen LogP contribution in [0.1, 0.15) is 71.1 Å². The molecule has 0 aromatic heterocycles. The largest absolute Gasteiger partial charge is 0.396 e. The van der Waals surface area contributed by atoms with E-state index >= 15 is 0 Å². The molecule has 0 aliphatic heterocycles. The van der Waals surface area contributed by atoms with Gasteiger partial charge in [0.15, 0.2) is 0 Å². The van der Waals surface area contributed by atoms with Crippen LogP contribution in [0.25, 0.3) is 0 Å². The Hall–Kier alpha value is -0.620. The van der Waals surface area contributed by atoms with Crippen LogP contribution in [0.5, 0.6) is 0 Å². The minimum Gasteiger partial charge on any atom is -0.396 e. The molecule has 0 amide bonds. The number of unbranched alkanes of at least 4 members (excludes halogenated alkanes) is 7. The smallest absolute Gasteiger partial charge is 0.0797 e. The molecule has 0 saturated heterocycles. The highest BCUT2D eigenvalue weighted by molar-refractivity contribution is 4.76. The third-order valence-electron chi connectivity index (χ3n) is 3.24. The first kappa shape index (κ1) is 21.4. The van der Waals surface area contributed by atoms with Crippen molar-refractivity contribution in [3.63, 3.8) is 0 Å². The molecule has 0 unspecified atom stereocenters. The molecular formula is C17H35NO4. The van der Waals surface area contributed by atoms with Crippen molar-refractivity contribution in [3.8, 4) is 0 Å². The highest BCUT2D eigenvalue weighted by Gasteiger charge is 2.00. The predicted octanol–water partition coefficient (Wildman–Crippen LogP) is 3.57. The van der Waals surface area contributed by atoms with Crippen LogP contribution in [-0.4, -0.2) is 41.9 Å². The summed E-state index contributed by atoms with van der Waals surface area (Å²) in [5.74, 6) is 0. The van der Waals surface area contributed by atoms with Crippen LogP contribution < -0.4 is 0 Å². The molecule has 0 aromatic carbocycles. The Balaban J connectivity index is 3.68. The molecule has 0 fully saturated rings. The fourth-order valence-electron chi connectivity index (χ4n) is 1.94. The summed E-state index contributed by atoms with van der Waals surface area (Å²) in [6.45, 7) is 3.27. The summed E-state index contributed by atoms with van der Waals surface area (Å²) in [5, 5.41) is 18.8. The predicted molar refractivity (Wildman–Crippen MR) is 88.9 cm³/mol. The van der Waals surface area contributed by atoms with E-state index in [-0.39, 0.29) is 13.2 Å². The summed E-state index contributed by atoms with van der Waals surface area (Å²) in [7, 11) is 0. The molecule has 0 aliphatic carbocycles. The van der Waals surface area contributed by atoms with Crippen LogP contribution in [0.15, 0.2) is 12.3 Å². The first-order valence-corrected chi connectivity index (χ1v) is 8.78. The molecule has 22 heavy (non-hydrogen) atoms. The maximum atomic E-state index is 8.75.